The smallest absolute Gasteiger partial charge is 0.129 e. The summed E-state index contributed by atoms with van der Waals surface area (Å²) in [5, 5.41) is 3.65. The lowest BCUT2D eigenvalue weighted by atomic mass is 9.99. The third-order valence-electron chi connectivity index (χ3n) is 5.03. The first-order chi connectivity index (χ1) is 11.7. The number of benzene rings is 1. The maximum absolute atomic E-state index is 5.44. The molecule has 5 heteroatoms. The molecule has 0 amide bonds. The van der Waals surface area contributed by atoms with E-state index in [2.05, 4.69) is 38.4 Å². The Hall–Kier alpha value is -2.14. The minimum absolute atomic E-state index is 0.354. The highest BCUT2D eigenvalue weighted by molar-refractivity contribution is 5.40. The number of anilines is 1. The van der Waals surface area contributed by atoms with Gasteiger partial charge in [-0.25, -0.2) is 9.97 Å². The number of hydrogen-bond acceptors (Lipinski definition) is 5. The molecule has 126 valence electrons. The van der Waals surface area contributed by atoms with Crippen LogP contribution in [0.25, 0.3) is 0 Å². The molecule has 1 N–H and O–H groups in total. The lowest BCUT2D eigenvalue weighted by Gasteiger charge is -2.29. The van der Waals surface area contributed by atoms with Crippen LogP contribution in [0.3, 0.4) is 0 Å². The minimum Gasteiger partial charge on any atom is -0.497 e. The van der Waals surface area contributed by atoms with E-state index in [1.807, 2.05) is 19.1 Å². The Labute approximate surface area is 143 Å². The zero-order valence-electron chi connectivity index (χ0n) is 14.3. The van der Waals surface area contributed by atoms with E-state index in [0.717, 1.165) is 36.3 Å². The van der Waals surface area contributed by atoms with Crippen molar-refractivity contribution in [2.45, 2.75) is 44.3 Å². The molecule has 1 aliphatic carbocycles. The fourth-order valence-electron chi connectivity index (χ4n) is 3.76. The van der Waals surface area contributed by atoms with Crippen LogP contribution in [0.15, 0.2) is 36.7 Å². The van der Waals surface area contributed by atoms with Gasteiger partial charge < -0.3 is 10.1 Å². The van der Waals surface area contributed by atoms with Crippen molar-refractivity contribution in [1.82, 2.24) is 14.9 Å². The third-order valence-corrected chi connectivity index (χ3v) is 5.03. The predicted molar refractivity (Wildman–Crippen MR) is 94.3 cm³/mol. The van der Waals surface area contributed by atoms with E-state index in [1.165, 1.54) is 18.4 Å². The van der Waals surface area contributed by atoms with E-state index in [4.69, 9.17) is 4.74 Å². The molecule has 2 atom stereocenters. The van der Waals surface area contributed by atoms with E-state index in [-0.39, 0.29) is 0 Å². The molecule has 1 aromatic carbocycles. The van der Waals surface area contributed by atoms with Crippen molar-refractivity contribution < 1.29 is 4.74 Å². The molecule has 0 bridgehead atoms. The molecule has 1 saturated heterocycles. The molecule has 2 heterocycles. The van der Waals surface area contributed by atoms with Gasteiger partial charge in [-0.1, -0.05) is 12.1 Å². The molecule has 1 saturated carbocycles. The lowest BCUT2D eigenvalue weighted by molar-refractivity contribution is 0.240. The Kier molecular flexibility index (Phi) is 4.10. The Balaban J connectivity index is 1.62. The number of rotatable bonds is 5. The van der Waals surface area contributed by atoms with Gasteiger partial charge >= 0.3 is 0 Å². The van der Waals surface area contributed by atoms with Gasteiger partial charge in [-0.2, -0.15) is 0 Å². The SMILES string of the molecule is COc1cccc(C2C(Nc3cc(C)ncn3)CCN2C2CC2)c1. The van der Waals surface area contributed by atoms with Crippen molar-refractivity contribution in [1.29, 1.82) is 0 Å². The van der Waals surface area contributed by atoms with Crippen molar-refractivity contribution in [2.75, 3.05) is 19.0 Å². The molecule has 0 spiro atoms. The van der Waals surface area contributed by atoms with Crippen molar-refractivity contribution in [3.63, 3.8) is 0 Å². The molecule has 5 nitrogen and oxygen atoms in total. The lowest BCUT2D eigenvalue weighted by Crippen LogP contribution is -2.33. The van der Waals surface area contributed by atoms with Crippen LogP contribution in [0, 0.1) is 6.92 Å². The Morgan fingerprint density at radius 3 is 2.79 bits per heavy atom. The van der Waals surface area contributed by atoms with Gasteiger partial charge in [0.05, 0.1) is 13.2 Å². The van der Waals surface area contributed by atoms with Crippen LogP contribution in [-0.2, 0) is 0 Å². The summed E-state index contributed by atoms with van der Waals surface area (Å²) < 4.78 is 5.44. The van der Waals surface area contributed by atoms with Crippen LogP contribution in [0.1, 0.15) is 36.6 Å². The molecule has 1 aliphatic heterocycles. The number of aromatic nitrogens is 2. The predicted octanol–water partition coefficient (Wildman–Crippen LogP) is 3.18. The average molecular weight is 324 g/mol. The summed E-state index contributed by atoms with van der Waals surface area (Å²) in [4.78, 5) is 11.2. The monoisotopic (exact) mass is 324 g/mol. The number of nitrogens with zero attached hydrogens (tertiary/aromatic N) is 3. The number of aryl methyl sites for hydroxylation is 1. The molecular weight excluding hydrogens is 300 g/mol. The second-order valence-corrected chi connectivity index (χ2v) is 6.77. The first-order valence-electron chi connectivity index (χ1n) is 8.69. The topological polar surface area (TPSA) is 50.3 Å². The number of methoxy groups -OCH3 is 1. The van der Waals surface area contributed by atoms with Crippen molar-refractivity contribution in [3.05, 3.63) is 47.9 Å². The summed E-state index contributed by atoms with van der Waals surface area (Å²) in [7, 11) is 1.73. The van der Waals surface area contributed by atoms with E-state index in [9.17, 15) is 0 Å². The maximum Gasteiger partial charge on any atom is 0.129 e. The summed E-state index contributed by atoms with van der Waals surface area (Å²) in [6, 6.07) is 12.0. The standard InChI is InChI=1S/C19H24N4O/c1-13-10-18(21-12-20-13)22-17-8-9-23(15-6-7-15)19(17)14-4-3-5-16(11-14)24-2/h3-5,10-12,15,17,19H,6-9H2,1-2H3,(H,20,21,22). The summed E-state index contributed by atoms with van der Waals surface area (Å²) in [6.07, 6.45) is 5.40. The molecule has 24 heavy (non-hydrogen) atoms. The Morgan fingerprint density at radius 1 is 1.17 bits per heavy atom. The van der Waals surface area contributed by atoms with Gasteiger partial charge in [0.15, 0.2) is 0 Å². The molecule has 2 aliphatic rings. The largest absolute Gasteiger partial charge is 0.497 e. The molecule has 2 unspecified atom stereocenters. The van der Waals surface area contributed by atoms with Crippen molar-refractivity contribution in [2.24, 2.45) is 0 Å². The van der Waals surface area contributed by atoms with Gasteiger partial charge in [-0.15, -0.1) is 0 Å². The zero-order valence-corrected chi connectivity index (χ0v) is 14.3. The van der Waals surface area contributed by atoms with E-state index in [0.29, 0.717) is 12.1 Å². The van der Waals surface area contributed by atoms with Crippen LogP contribution in [0.5, 0.6) is 5.75 Å². The second kappa shape index (κ2) is 6.40. The van der Waals surface area contributed by atoms with Crippen LogP contribution in [0.2, 0.25) is 0 Å². The first-order valence-corrected chi connectivity index (χ1v) is 8.69. The highest BCUT2D eigenvalue weighted by Gasteiger charge is 2.42. The number of hydrogen-bond donors (Lipinski definition) is 1. The highest BCUT2D eigenvalue weighted by Crippen LogP contribution is 2.42. The Bertz CT molecular complexity index is 716. The highest BCUT2D eigenvalue weighted by atomic mass is 16.5. The van der Waals surface area contributed by atoms with Gasteiger partial charge in [0.1, 0.15) is 17.9 Å². The number of ether oxygens (including phenoxy) is 1. The summed E-state index contributed by atoms with van der Waals surface area (Å²) >= 11 is 0. The molecule has 0 radical (unpaired) electrons. The second-order valence-electron chi connectivity index (χ2n) is 6.77. The van der Waals surface area contributed by atoms with E-state index in [1.54, 1.807) is 13.4 Å². The zero-order chi connectivity index (χ0) is 16.5. The summed E-state index contributed by atoms with van der Waals surface area (Å²) in [5.41, 5.74) is 2.31. The Morgan fingerprint density at radius 2 is 2.04 bits per heavy atom. The van der Waals surface area contributed by atoms with Crippen LogP contribution in [-0.4, -0.2) is 40.6 Å². The number of likely N-dealkylation sites (tertiary alicyclic amines) is 1. The molecule has 4 rings (SSSR count). The number of nitrogens with one attached hydrogen (secondary N) is 1. The van der Waals surface area contributed by atoms with E-state index >= 15 is 0 Å². The molecular formula is C19H24N4O. The minimum atomic E-state index is 0.354. The maximum atomic E-state index is 5.44. The summed E-state index contributed by atoms with van der Waals surface area (Å²) in [6.45, 7) is 3.13. The normalized spacial score (nSPS) is 24.1. The van der Waals surface area contributed by atoms with Crippen LogP contribution in [0.4, 0.5) is 5.82 Å². The van der Waals surface area contributed by atoms with Gasteiger partial charge in [0.25, 0.3) is 0 Å². The van der Waals surface area contributed by atoms with E-state index < -0.39 is 0 Å². The van der Waals surface area contributed by atoms with Crippen LogP contribution >= 0.6 is 0 Å². The average Bonchev–Trinajstić information content (AvgIpc) is 3.36. The first kappa shape index (κ1) is 15.4. The van der Waals surface area contributed by atoms with Crippen molar-refractivity contribution in [3.8, 4) is 5.75 Å². The van der Waals surface area contributed by atoms with Gasteiger partial charge in [0.2, 0.25) is 0 Å². The van der Waals surface area contributed by atoms with Crippen LogP contribution < -0.4 is 10.1 Å². The quantitative estimate of drug-likeness (QED) is 0.915. The van der Waals surface area contributed by atoms with Gasteiger partial charge in [-0.3, -0.25) is 4.90 Å². The van der Waals surface area contributed by atoms with Crippen molar-refractivity contribution >= 4 is 5.82 Å². The molecule has 2 aromatic rings. The summed E-state index contributed by atoms with van der Waals surface area (Å²) in [5.74, 6) is 1.84. The molecule has 2 fully saturated rings. The fraction of sp³-hybridized carbons (Fsp3) is 0.474. The van der Waals surface area contributed by atoms with Gasteiger partial charge in [-0.05, 0) is 43.9 Å². The fourth-order valence-corrected chi connectivity index (χ4v) is 3.76. The van der Waals surface area contributed by atoms with Gasteiger partial charge in [0, 0.05) is 30.4 Å². The molecule has 1 aromatic heterocycles. The third kappa shape index (κ3) is 3.08.